The zero-order valence-electron chi connectivity index (χ0n) is 11.7. The van der Waals surface area contributed by atoms with Gasteiger partial charge in [-0.1, -0.05) is 6.07 Å². The van der Waals surface area contributed by atoms with Gasteiger partial charge in [0, 0.05) is 5.69 Å². The zero-order valence-corrected chi connectivity index (χ0v) is 11.7. The first-order valence-electron chi connectivity index (χ1n) is 6.35. The van der Waals surface area contributed by atoms with Gasteiger partial charge in [-0.05, 0) is 50.6 Å². The van der Waals surface area contributed by atoms with Gasteiger partial charge in [0.25, 0.3) is 0 Å². The Balaban J connectivity index is 2.00. The van der Waals surface area contributed by atoms with Crippen LogP contribution in [0.15, 0.2) is 34.7 Å². The molecule has 4 nitrogen and oxygen atoms in total. The van der Waals surface area contributed by atoms with Crippen LogP contribution in [0.2, 0.25) is 0 Å². The smallest absolute Gasteiger partial charge is 0.319 e. The number of nitrogens with one attached hydrogen (secondary N) is 2. The molecule has 1 aromatic carbocycles. The average Bonchev–Trinajstić information content (AvgIpc) is 2.80. The molecule has 1 heterocycles. The molecule has 0 bridgehead atoms. The van der Waals surface area contributed by atoms with Crippen molar-refractivity contribution < 1.29 is 13.6 Å². The standard InChI is InChI=1S/C15H17FN2O2/c1-9-4-6-12(16)8-13(9)18-15(19)17-11(3)14-7-5-10(2)20-14/h4-8,11H,1-3H3,(H2,17,18,19)/t11-/m0/s1. The summed E-state index contributed by atoms with van der Waals surface area (Å²) in [5, 5.41) is 5.37. The predicted molar refractivity (Wildman–Crippen MR) is 75.2 cm³/mol. The Morgan fingerprint density at radius 1 is 1.25 bits per heavy atom. The molecule has 0 radical (unpaired) electrons. The van der Waals surface area contributed by atoms with E-state index in [1.54, 1.807) is 13.0 Å². The van der Waals surface area contributed by atoms with Crippen LogP contribution < -0.4 is 10.6 Å². The van der Waals surface area contributed by atoms with Crippen LogP contribution in [0, 0.1) is 19.7 Å². The van der Waals surface area contributed by atoms with Crippen LogP contribution in [0.1, 0.15) is 30.0 Å². The van der Waals surface area contributed by atoms with Gasteiger partial charge in [-0.3, -0.25) is 0 Å². The van der Waals surface area contributed by atoms with Crippen molar-refractivity contribution >= 4 is 11.7 Å². The molecule has 106 valence electrons. The molecule has 2 rings (SSSR count). The lowest BCUT2D eigenvalue weighted by atomic mass is 10.2. The maximum Gasteiger partial charge on any atom is 0.319 e. The van der Waals surface area contributed by atoms with Crippen molar-refractivity contribution in [2.75, 3.05) is 5.32 Å². The molecule has 0 aliphatic heterocycles. The van der Waals surface area contributed by atoms with Gasteiger partial charge in [0.05, 0.1) is 6.04 Å². The summed E-state index contributed by atoms with van der Waals surface area (Å²) in [4.78, 5) is 11.9. The normalized spacial score (nSPS) is 12.0. The lowest BCUT2D eigenvalue weighted by Gasteiger charge is -2.14. The second-order valence-corrected chi connectivity index (χ2v) is 4.73. The number of furan rings is 1. The molecule has 0 saturated carbocycles. The largest absolute Gasteiger partial charge is 0.464 e. The molecule has 5 heteroatoms. The minimum atomic E-state index is -0.403. The lowest BCUT2D eigenvalue weighted by Crippen LogP contribution is -2.31. The van der Waals surface area contributed by atoms with Crippen LogP contribution in [-0.2, 0) is 0 Å². The summed E-state index contributed by atoms with van der Waals surface area (Å²) in [7, 11) is 0. The molecule has 0 aliphatic rings. The van der Waals surface area contributed by atoms with Crippen LogP contribution in [0.25, 0.3) is 0 Å². The Morgan fingerprint density at radius 2 is 2.00 bits per heavy atom. The van der Waals surface area contributed by atoms with Gasteiger partial charge in [0.1, 0.15) is 17.3 Å². The fraction of sp³-hybridized carbons (Fsp3) is 0.267. The van der Waals surface area contributed by atoms with Crippen LogP contribution >= 0.6 is 0 Å². The highest BCUT2D eigenvalue weighted by molar-refractivity contribution is 5.90. The van der Waals surface area contributed by atoms with E-state index in [4.69, 9.17) is 4.42 Å². The summed E-state index contributed by atoms with van der Waals surface area (Å²) in [6, 6.07) is 7.24. The van der Waals surface area contributed by atoms with E-state index < -0.39 is 6.03 Å². The third-order valence-electron chi connectivity index (χ3n) is 2.98. The number of carbonyl (C=O) groups is 1. The van der Waals surface area contributed by atoms with E-state index >= 15 is 0 Å². The molecule has 0 saturated heterocycles. The van der Waals surface area contributed by atoms with E-state index in [2.05, 4.69) is 10.6 Å². The number of hydrogen-bond donors (Lipinski definition) is 2. The monoisotopic (exact) mass is 276 g/mol. The summed E-state index contributed by atoms with van der Waals surface area (Å²) < 4.78 is 18.6. The molecule has 2 N–H and O–H groups in total. The van der Waals surface area contributed by atoms with Gasteiger partial charge < -0.3 is 15.1 Å². The number of amides is 2. The molecule has 2 aromatic rings. The number of carbonyl (C=O) groups excluding carboxylic acids is 1. The highest BCUT2D eigenvalue weighted by Gasteiger charge is 2.13. The van der Waals surface area contributed by atoms with Gasteiger partial charge in [-0.25, -0.2) is 9.18 Å². The number of anilines is 1. The van der Waals surface area contributed by atoms with E-state index in [0.29, 0.717) is 11.4 Å². The van der Waals surface area contributed by atoms with Crippen molar-refractivity contribution in [2.24, 2.45) is 0 Å². The maximum absolute atomic E-state index is 13.1. The third kappa shape index (κ3) is 3.38. The second-order valence-electron chi connectivity index (χ2n) is 4.73. The summed E-state index contributed by atoms with van der Waals surface area (Å²) in [5.74, 6) is 1.07. The molecule has 0 fully saturated rings. The molecule has 0 unspecified atom stereocenters. The van der Waals surface area contributed by atoms with Gasteiger partial charge >= 0.3 is 6.03 Å². The number of halogens is 1. The van der Waals surface area contributed by atoms with Crippen LogP contribution in [0.3, 0.4) is 0 Å². The Hall–Kier alpha value is -2.30. The van der Waals surface area contributed by atoms with E-state index in [1.165, 1.54) is 12.1 Å². The molecular formula is C15H17FN2O2. The number of urea groups is 1. The van der Waals surface area contributed by atoms with Gasteiger partial charge in [0.15, 0.2) is 0 Å². The second kappa shape index (κ2) is 5.77. The summed E-state index contributed by atoms with van der Waals surface area (Å²) in [6.07, 6.45) is 0. The van der Waals surface area contributed by atoms with Gasteiger partial charge in [-0.15, -0.1) is 0 Å². The number of hydrogen-bond acceptors (Lipinski definition) is 2. The highest BCUT2D eigenvalue weighted by Crippen LogP contribution is 2.18. The molecule has 1 atom stereocenters. The SMILES string of the molecule is Cc1ccc([C@H](C)NC(=O)Nc2cc(F)ccc2C)o1. The Kier molecular flexibility index (Phi) is 4.08. The number of rotatable bonds is 3. The van der Waals surface area contributed by atoms with Crippen molar-refractivity contribution in [3.63, 3.8) is 0 Å². The minimum absolute atomic E-state index is 0.266. The van der Waals surface area contributed by atoms with Crippen LogP contribution in [-0.4, -0.2) is 6.03 Å². The first-order valence-corrected chi connectivity index (χ1v) is 6.35. The minimum Gasteiger partial charge on any atom is -0.464 e. The van der Waals surface area contributed by atoms with Crippen molar-refractivity contribution in [1.29, 1.82) is 0 Å². The molecule has 0 spiro atoms. The van der Waals surface area contributed by atoms with Crippen molar-refractivity contribution in [1.82, 2.24) is 5.32 Å². The van der Waals surface area contributed by atoms with Crippen molar-refractivity contribution in [2.45, 2.75) is 26.8 Å². The van der Waals surface area contributed by atoms with Crippen LogP contribution in [0.4, 0.5) is 14.9 Å². The molecule has 0 aliphatic carbocycles. The van der Waals surface area contributed by atoms with E-state index in [9.17, 15) is 9.18 Å². The fourth-order valence-corrected chi connectivity index (χ4v) is 1.84. The Bertz CT molecular complexity index is 622. The Labute approximate surface area is 117 Å². The van der Waals surface area contributed by atoms with Gasteiger partial charge in [-0.2, -0.15) is 0 Å². The summed E-state index contributed by atoms with van der Waals surface area (Å²) >= 11 is 0. The van der Waals surface area contributed by atoms with Crippen molar-refractivity contribution in [3.05, 3.63) is 53.2 Å². The Morgan fingerprint density at radius 3 is 2.65 bits per heavy atom. The first kappa shape index (κ1) is 14.1. The van der Waals surface area contributed by atoms with E-state index in [-0.39, 0.29) is 11.9 Å². The number of benzene rings is 1. The maximum atomic E-state index is 13.1. The number of aryl methyl sites for hydroxylation is 2. The van der Waals surface area contributed by atoms with Crippen molar-refractivity contribution in [3.8, 4) is 0 Å². The first-order chi connectivity index (χ1) is 9.45. The van der Waals surface area contributed by atoms with E-state index in [0.717, 1.165) is 11.3 Å². The summed E-state index contributed by atoms with van der Waals surface area (Å²) in [6.45, 7) is 5.46. The van der Waals surface area contributed by atoms with Crippen LogP contribution in [0.5, 0.6) is 0 Å². The molecule has 2 amide bonds. The average molecular weight is 276 g/mol. The highest BCUT2D eigenvalue weighted by atomic mass is 19.1. The zero-order chi connectivity index (χ0) is 14.7. The lowest BCUT2D eigenvalue weighted by molar-refractivity contribution is 0.247. The van der Waals surface area contributed by atoms with E-state index in [1.807, 2.05) is 26.0 Å². The molecule has 1 aromatic heterocycles. The molecule has 20 heavy (non-hydrogen) atoms. The van der Waals surface area contributed by atoms with Gasteiger partial charge in [0.2, 0.25) is 0 Å². The third-order valence-corrected chi connectivity index (χ3v) is 2.98. The fourth-order valence-electron chi connectivity index (χ4n) is 1.84. The summed E-state index contributed by atoms with van der Waals surface area (Å²) in [5.41, 5.74) is 1.24. The topological polar surface area (TPSA) is 54.3 Å². The predicted octanol–water partition coefficient (Wildman–Crippen LogP) is 3.92. The molecular weight excluding hydrogens is 259 g/mol. The quantitative estimate of drug-likeness (QED) is 0.892.